The lowest BCUT2D eigenvalue weighted by atomic mass is 9.74. The van der Waals surface area contributed by atoms with Crippen molar-refractivity contribution >= 4 is 28.8 Å². The summed E-state index contributed by atoms with van der Waals surface area (Å²) >= 11 is 7.87. The molecule has 1 aromatic carbocycles. The minimum absolute atomic E-state index is 0.0375. The second-order valence-electron chi connectivity index (χ2n) is 9.02. The van der Waals surface area contributed by atoms with E-state index in [1.54, 1.807) is 27.4 Å². The first-order valence-electron chi connectivity index (χ1n) is 11.4. The van der Waals surface area contributed by atoms with Crippen LogP contribution in [0, 0.1) is 11.6 Å². The Morgan fingerprint density at radius 1 is 1.17 bits per heavy atom. The van der Waals surface area contributed by atoms with E-state index in [4.69, 9.17) is 16.3 Å². The fraction of sp³-hybridized carbons (Fsp3) is 0.280. The molecular weight excluding hydrogens is 512 g/mol. The minimum atomic E-state index is -1.14. The molecule has 1 atom stereocenters. The molecule has 1 aliphatic carbocycles. The summed E-state index contributed by atoms with van der Waals surface area (Å²) in [6, 6.07) is 4.46. The van der Waals surface area contributed by atoms with Gasteiger partial charge in [0.15, 0.2) is 23.0 Å². The second-order valence-corrected chi connectivity index (χ2v) is 10.4. The number of aromatic nitrogens is 1. The van der Waals surface area contributed by atoms with Crippen LogP contribution in [0.5, 0.6) is 11.5 Å². The fourth-order valence-electron chi connectivity index (χ4n) is 5.20. The first kappa shape index (κ1) is 23.1. The van der Waals surface area contributed by atoms with Crippen molar-refractivity contribution in [3.8, 4) is 11.5 Å². The molecule has 2 aromatic heterocycles. The Bertz CT molecular complexity index is 1480. The average molecular weight is 532 g/mol. The summed E-state index contributed by atoms with van der Waals surface area (Å²) < 4.78 is 36.7. The van der Waals surface area contributed by atoms with E-state index in [1.807, 2.05) is 6.08 Å². The van der Waals surface area contributed by atoms with E-state index in [9.17, 15) is 19.1 Å². The average Bonchev–Trinajstić information content (AvgIpc) is 3.24. The topological polar surface area (TPSA) is 75.0 Å². The van der Waals surface area contributed by atoms with E-state index < -0.39 is 40.3 Å². The predicted octanol–water partition coefficient (Wildman–Crippen LogP) is 4.56. The molecule has 1 amide bonds. The van der Waals surface area contributed by atoms with Gasteiger partial charge in [-0.15, -0.1) is 11.3 Å². The number of hydrogen-bond donors (Lipinski definition) is 1. The highest BCUT2D eigenvalue weighted by atomic mass is 35.5. The fourth-order valence-corrected chi connectivity index (χ4v) is 6.48. The lowest BCUT2D eigenvalue weighted by Gasteiger charge is -2.53. The first-order chi connectivity index (χ1) is 17.3. The van der Waals surface area contributed by atoms with Crippen molar-refractivity contribution in [2.24, 2.45) is 0 Å². The maximum absolute atomic E-state index is 15.1. The van der Waals surface area contributed by atoms with Gasteiger partial charge in [0, 0.05) is 17.8 Å². The molecule has 7 nitrogen and oxygen atoms in total. The summed E-state index contributed by atoms with van der Waals surface area (Å²) in [4.78, 5) is 28.3. The number of ether oxygens (including phenoxy) is 1. The summed E-state index contributed by atoms with van der Waals surface area (Å²) in [6.45, 7) is -0.00604. The van der Waals surface area contributed by atoms with Crippen LogP contribution in [0.3, 0.4) is 0 Å². The number of aromatic hydroxyl groups is 1. The summed E-state index contributed by atoms with van der Waals surface area (Å²) in [6.07, 6.45) is 7.14. The number of benzene rings is 1. The number of nitrogens with zero attached hydrogens (tertiary/aromatic N) is 3. The van der Waals surface area contributed by atoms with Gasteiger partial charge in [0.1, 0.15) is 19.3 Å². The van der Waals surface area contributed by atoms with Gasteiger partial charge >= 0.3 is 0 Å². The number of carbonyl (C=O) groups is 1. The standard InChI is InChI=1S/C25H20ClF2N3O4S/c26-15-6-12-36-23(15)19-14-3-4-16(27)18(28)22(14)35-11-2-9-25(7-1-8-25)29-13-31(19)30-10-5-17(32)21(33)20(30)24(29)34/h2-6,9-10,12,19,33H,1,7-8,11,13H2/b9-2+. The molecule has 3 aliphatic rings. The SMILES string of the molecule is O=C1c2c(O)c(=O)ccn2N2CN1C1(/C=C/COc3c(ccc(F)c3F)C2c2sccc2Cl)CCC1. The van der Waals surface area contributed by atoms with Gasteiger partial charge in [-0.3, -0.25) is 19.3 Å². The monoisotopic (exact) mass is 531 g/mol. The molecule has 1 spiro atoms. The molecule has 4 heterocycles. The molecular formula is C25H20ClF2N3O4S. The zero-order valence-electron chi connectivity index (χ0n) is 18.8. The van der Waals surface area contributed by atoms with Gasteiger partial charge in [-0.1, -0.05) is 17.7 Å². The van der Waals surface area contributed by atoms with Crippen LogP contribution in [-0.2, 0) is 0 Å². The molecule has 2 bridgehead atoms. The van der Waals surface area contributed by atoms with E-state index in [0.717, 1.165) is 18.6 Å². The van der Waals surface area contributed by atoms with E-state index in [1.165, 1.54) is 28.3 Å². The van der Waals surface area contributed by atoms with Crippen LogP contribution in [-0.4, -0.2) is 39.4 Å². The molecule has 11 heteroatoms. The van der Waals surface area contributed by atoms with Crippen molar-refractivity contribution in [1.82, 2.24) is 9.58 Å². The number of fused-ring (bicyclic) bond motifs is 6. The van der Waals surface area contributed by atoms with Crippen LogP contribution in [0.1, 0.15) is 46.2 Å². The van der Waals surface area contributed by atoms with Gasteiger partial charge in [0.2, 0.25) is 11.2 Å². The number of pyridine rings is 1. The van der Waals surface area contributed by atoms with Gasteiger partial charge in [0.25, 0.3) is 5.91 Å². The van der Waals surface area contributed by atoms with Crippen molar-refractivity contribution < 1.29 is 23.4 Å². The Morgan fingerprint density at radius 2 is 1.97 bits per heavy atom. The molecule has 1 N–H and O–H groups in total. The third kappa shape index (κ3) is 3.27. The van der Waals surface area contributed by atoms with Gasteiger partial charge in [-0.25, -0.2) is 4.39 Å². The van der Waals surface area contributed by atoms with Crippen LogP contribution in [0.25, 0.3) is 0 Å². The highest BCUT2D eigenvalue weighted by molar-refractivity contribution is 7.10. The molecule has 36 heavy (non-hydrogen) atoms. The Morgan fingerprint density at radius 3 is 2.67 bits per heavy atom. The van der Waals surface area contributed by atoms with Crippen molar-refractivity contribution in [1.29, 1.82) is 0 Å². The van der Waals surface area contributed by atoms with Crippen molar-refractivity contribution in [2.45, 2.75) is 30.8 Å². The van der Waals surface area contributed by atoms with Crippen molar-refractivity contribution in [3.63, 3.8) is 0 Å². The van der Waals surface area contributed by atoms with Crippen LogP contribution < -0.4 is 15.2 Å². The van der Waals surface area contributed by atoms with Gasteiger partial charge in [-0.2, -0.15) is 4.39 Å². The number of hydrogen-bond acceptors (Lipinski definition) is 6. The van der Waals surface area contributed by atoms with Crippen LogP contribution in [0.15, 0.2) is 52.8 Å². The highest BCUT2D eigenvalue weighted by Crippen LogP contribution is 2.46. The summed E-state index contributed by atoms with van der Waals surface area (Å²) in [7, 11) is 0. The summed E-state index contributed by atoms with van der Waals surface area (Å²) in [5.74, 6) is -3.63. The van der Waals surface area contributed by atoms with E-state index in [2.05, 4.69) is 0 Å². The number of halogens is 3. The van der Waals surface area contributed by atoms with Crippen LogP contribution >= 0.6 is 22.9 Å². The predicted molar refractivity (Wildman–Crippen MR) is 130 cm³/mol. The second kappa shape index (κ2) is 8.35. The number of amides is 1. The normalized spacial score (nSPS) is 21.2. The lowest BCUT2D eigenvalue weighted by Crippen LogP contribution is -2.64. The maximum atomic E-state index is 15.1. The quantitative estimate of drug-likeness (QED) is 0.466. The highest BCUT2D eigenvalue weighted by Gasteiger charge is 2.49. The van der Waals surface area contributed by atoms with E-state index in [0.29, 0.717) is 22.7 Å². The Labute approximate surface area is 213 Å². The number of thiophene rings is 1. The molecule has 3 aromatic rings. The third-order valence-corrected chi connectivity index (χ3v) is 8.55. The molecule has 1 fully saturated rings. The Balaban J connectivity index is 1.68. The third-order valence-electron chi connectivity index (χ3n) is 7.14. The number of carbonyl (C=O) groups excluding carboxylic acids is 1. The van der Waals surface area contributed by atoms with Gasteiger partial charge < -0.3 is 14.7 Å². The zero-order chi connectivity index (χ0) is 25.2. The molecule has 186 valence electrons. The lowest BCUT2D eigenvalue weighted by molar-refractivity contribution is 0.0256. The molecule has 2 aliphatic heterocycles. The van der Waals surface area contributed by atoms with Gasteiger partial charge in [-0.05, 0) is 48.9 Å². The molecule has 0 radical (unpaired) electrons. The number of rotatable bonds is 1. The largest absolute Gasteiger partial charge is 0.502 e. The molecule has 6 rings (SSSR count). The van der Waals surface area contributed by atoms with Crippen LogP contribution in [0.4, 0.5) is 8.78 Å². The van der Waals surface area contributed by atoms with Crippen molar-refractivity contribution in [2.75, 3.05) is 18.3 Å². The van der Waals surface area contributed by atoms with Crippen molar-refractivity contribution in [3.05, 3.63) is 91.0 Å². The Kier molecular flexibility index (Phi) is 5.34. The summed E-state index contributed by atoms with van der Waals surface area (Å²) in [5.41, 5.74) is -1.28. The Hall–Kier alpha value is -3.37. The molecule has 1 saturated carbocycles. The first-order valence-corrected chi connectivity index (χ1v) is 12.6. The van der Waals surface area contributed by atoms with Gasteiger partial charge in [0.05, 0.1) is 15.4 Å². The maximum Gasteiger partial charge on any atom is 0.278 e. The molecule has 1 unspecified atom stereocenters. The molecule has 0 saturated heterocycles. The van der Waals surface area contributed by atoms with E-state index >= 15 is 4.39 Å². The van der Waals surface area contributed by atoms with Crippen LogP contribution in [0.2, 0.25) is 5.02 Å². The smallest absolute Gasteiger partial charge is 0.278 e. The van der Waals surface area contributed by atoms with E-state index in [-0.39, 0.29) is 30.3 Å². The minimum Gasteiger partial charge on any atom is -0.502 e. The zero-order valence-corrected chi connectivity index (χ0v) is 20.4. The summed E-state index contributed by atoms with van der Waals surface area (Å²) in [5, 5.41) is 14.6.